The molecule has 3 aromatic rings. The van der Waals surface area contributed by atoms with Gasteiger partial charge in [-0.15, -0.1) is 0 Å². The van der Waals surface area contributed by atoms with Crippen LogP contribution >= 0.6 is 0 Å². The number of fused-ring (bicyclic) bond motifs is 3. The minimum Gasteiger partial charge on any atom is -0.254 e. The second kappa shape index (κ2) is 5.58. The molecule has 0 saturated heterocycles. The van der Waals surface area contributed by atoms with Gasteiger partial charge in [0, 0.05) is 23.2 Å². The summed E-state index contributed by atoms with van der Waals surface area (Å²) in [6.07, 6.45) is 3.88. The van der Waals surface area contributed by atoms with Crippen molar-refractivity contribution >= 4 is 21.8 Å². The van der Waals surface area contributed by atoms with Gasteiger partial charge in [0.2, 0.25) is 0 Å². The highest BCUT2D eigenvalue weighted by molar-refractivity contribution is 6.05. The van der Waals surface area contributed by atoms with Crippen LogP contribution in [0, 0.1) is 27.7 Å². The molecule has 1 aromatic carbocycles. The Balaban J connectivity index is 0.000000704. The lowest BCUT2D eigenvalue weighted by Gasteiger charge is -2.10. The molecule has 2 nitrogen and oxygen atoms in total. The summed E-state index contributed by atoms with van der Waals surface area (Å²) in [5.74, 6) is 0. The molecule has 0 N–H and O–H groups in total. The molecular weight excluding hydrogens is 244 g/mol. The van der Waals surface area contributed by atoms with Crippen LogP contribution < -0.4 is 0 Å². The molecule has 0 saturated carbocycles. The second-order valence-electron chi connectivity index (χ2n) is 4.99. The van der Waals surface area contributed by atoms with Crippen LogP contribution in [0.4, 0.5) is 0 Å². The lowest BCUT2D eigenvalue weighted by molar-refractivity contribution is 1.25. The highest BCUT2D eigenvalue weighted by Crippen LogP contribution is 2.28. The first-order chi connectivity index (χ1) is 9.59. The van der Waals surface area contributed by atoms with Crippen molar-refractivity contribution in [2.45, 2.75) is 41.5 Å². The first-order valence-corrected chi connectivity index (χ1v) is 7.20. The van der Waals surface area contributed by atoms with Gasteiger partial charge in [0.05, 0.1) is 11.0 Å². The van der Waals surface area contributed by atoms with E-state index >= 15 is 0 Å². The van der Waals surface area contributed by atoms with Crippen LogP contribution in [0.25, 0.3) is 21.8 Å². The molecular formula is C18H22N2. The van der Waals surface area contributed by atoms with Gasteiger partial charge in [-0.05, 0) is 49.9 Å². The molecule has 0 aliphatic rings. The predicted molar refractivity (Wildman–Crippen MR) is 87.3 cm³/mol. The summed E-state index contributed by atoms with van der Waals surface area (Å²) in [4.78, 5) is 9.16. The topological polar surface area (TPSA) is 25.8 Å². The van der Waals surface area contributed by atoms with E-state index in [2.05, 4.69) is 49.8 Å². The lowest BCUT2D eigenvalue weighted by Crippen LogP contribution is -1.93. The van der Waals surface area contributed by atoms with Crippen molar-refractivity contribution in [1.29, 1.82) is 0 Å². The van der Waals surface area contributed by atoms with Crippen molar-refractivity contribution in [3.05, 3.63) is 46.8 Å². The quantitative estimate of drug-likeness (QED) is 0.532. The molecule has 0 aliphatic carbocycles. The first kappa shape index (κ1) is 14.4. The average molecular weight is 266 g/mol. The highest BCUT2D eigenvalue weighted by atomic mass is 14.7. The van der Waals surface area contributed by atoms with Gasteiger partial charge in [-0.2, -0.15) is 0 Å². The molecule has 2 heteroatoms. The fraction of sp³-hybridized carbons (Fsp3) is 0.333. The third-order valence-electron chi connectivity index (χ3n) is 3.92. The number of pyridine rings is 2. The summed E-state index contributed by atoms with van der Waals surface area (Å²) in [7, 11) is 0. The average Bonchev–Trinajstić information content (AvgIpc) is 2.48. The molecule has 0 radical (unpaired) electrons. The maximum atomic E-state index is 4.58. The van der Waals surface area contributed by atoms with Gasteiger partial charge in [-0.3, -0.25) is 9.97 Å². The Kier molecular flexibility index (Phi) is 4.03. The predicted octanol–water partition coefficient (Wildman–Crippen LogP) is 5.04. The summed E-state index contributed by atoms with van der Waals surface area (Å²) >= 11 is 0. The van der Waals surface area contributed by atoms with Crippen LogP contribution in [-0.2, 0) is 0 Å². The van der Waals surface area contributed by atoms with E-state index < -0.39 is 0 Å². The standard InChI is InChI=1S/C16H16N2.C2H6/c1-9-7-17-15-13(11(9)3)5-6-14-12(4)10(2)8-18-16(14)15;1-2/h5-8H,1-4H3;1-2H3. The fourth-order valence-electron chi connectivity index (χ4n) is 2.39. The molecule has 0 bridgehead atoms. The summed E-state index contributed by atoms with van der Waals surface area (Å²) in [5, 5.41) is 2.41. The van der Waals surface area contributed by atoms with E-state index in [1.165, 1.54) is 33.0 Å². The van der Waals surface area contributed by atoms with E-state index in [1.807, 2.05) is 26.2 Å². The minimum atomic E-state index is 1.01. The van der Waals surface area contributed by atoms with Gasteiger partial charge in [0.15, 0.2) is 0 Å². The summed E-state index contributed by atoms with van der Waals surface area (Å²) < 4.78 is 0. The molecule has 0 spiro atoms. The van der Waals surface area contributed by atoms with Crippen molar-refractivity contribution < 1.29 is 0 Å². The number of hydrogen-bond donors (Lipinski definition) is 0. The van der Waals surface area contributed by atoms with Crippen molar-refractivity contribution in [3.63, 3.8) is 0 Å². The number of rotatable bonds is 0. The molecule has 2 heterocycles. The van der Waals surface area contributed by atoms with Crippen molar-refractivity contribution in [2.75, 3.05) is 0 Å². The van der Waals surface area contributed by atoms with E-state index in [9.17, 15) is 0 Å². The van der Waals surface area contributed by atoms with Crippen LogP contribution in [0.2, 0.25) is 0 Å². The summed E-state index contributed by atoms with van der Waals surface area (Å²) in [6.45, 7) is 12.5. The Hall–Kier alpha value is -1.96. The van der Waals surface area contributed by atoms with E-state index in [1.54, 1.807) is 0 Å². The molecule has 104 valence electrons. The zero-order valence-electron chi connectivity index (χ0n) is 13.2. The monoisotopic (exact) mass is 266 g/mol. The SMILES string of the molecule is CC.Cc1cnc2c(ccc3c(C)c(C)cnc32)c1C. The Bertz CT molecular complexity index is 707. The largest absolute Gasteiger partial charge is 0.254 e. The third-order valence-corrected chi connectivity index (χ3v) is 3.92. The van der Waals surface area contributed by atoms with Gasteiger partial charge in [0.1, 0.15) is 0 Å². The smallest absolute Gasteiger partial charge is 0.0967 e. The molecule has 0 aliphatic heterocycles. The number of benzene rings is 1. The number of hydrogen-bond acceptors (Lipinski definition) is 2. The Morgan fingerprint density at radius 2 is 1.00 bits per heavy atom. The second-order valence-corrected chi connectivity index (χ2v) is 4.99. The number of nitrogens with zero attached hydrogens (tertiary/aromatic N) is 2. The molecule has 20 heavy (non-hydrogen) atoms. The van der Waals surface area contributed by atoms with Crippen molar-refractivity contribution in [1.82, 2.24) is 9.97 Å². The van der Waals surface area contributed by atoms with Crippen molar-refractivity contribution in [2.24, 2.45) is 0 Å². The van der Waals surface area contributed by atoms with Crippen LogP contribution in [-0.4, -0.2) is 9.97 Å². The van der Waals surface area contributed by atoms with Crippen LogP contribution in [0.1, 0.15) is 36.1 Å². The van der Waals surface area contributed by atoms with Crippen LogP contribution in [0.3, 0.4) is 0 Å². The van der Waals surface area contributed by atoms with E-state index in [-0.39, 0.29) is 0 Å². The van der Waals surface area contributed by atoms with Gasteiger partial charge >= 0.3 is 0 Å². The number of aromatic nitrogens is 2. The van der Waals surface area contributed by atoms with E-state index in [0.717, 1.165) is 11.0 Å². The Morgan fingerprint density at radius 3 is 1.35 bits per heavy atom. The van der Waals surface area contributed by atoms with E-state index in [4.69, 9.17) is 0 Å². The zero-order valence-corrected chi connectivity index (χ0v) is 13.2. The molecule has 2 aromatic heterocycles. The highest BCUT2D eigenvalue weighted by Gasteiger charge is 2.09. The van der Waals surface area contributed by atoms with Gasteiger partial charge in [0.25, 0.3) is 0 Å². The molecule has 0 fully saturated rings. The van der Waals surface area contributed by atoms with E-state index in [0.29, 0.717) is 0 Å². The normalized spacial score (nSPS) is 10.5. The number of aryl methyl sites for hydroxylation is 4. The first-order valence-electron chi connectivity index (χ1n) is 7.20. The summed E-state index contributed by atoms with van der Waals surface area (Å²) in [6, 6.07) is 4.34. The molecule has 3 rings (SSSR count). The van der Waals surface area contributed by atoms with Gasteiger partial charge in [-0.1, -0.05) is 26.0 Å². The maximum absolute atomic E-state index is 4.58. The molecule has 0 amide bonds. The molecule has 0 unspecified atom stereocenters. The lowest BCUT2D eigenvalue weighted by atomic mass is 10.0. The van der Waals surface area contributed by atoms with Crippen LogP contribution in [0.15, 0.2) is 24.5 Å². The fourth-order valence-corrected chi connectivity index (χ4v) is 2.39. The van der Waals surface area contributed by atoms with Crippen molar-refractivity contribution in [3.8, 4) is 0 Å². The molecule has 0 atom stereocenters. The van der Waals surface area contributed by atoms with Gasteiger partial charge < -0.3 is 0 Å². The third kappa shape index (κ3) is 2.15. The minimum absolute atomic E-state index is 1.01. The van der Waals surface area contributed by atoms with Gasteiger partial charge in [-0.25, -0.2) is 0 Å². The maximum Gasteiger partial charge on any atom is 0.0967 e. The Labute approximate surface area is 120 Å². The van der Waals surface area contributed by atoms with Crippen LogP contribution in [0.5, 0.6) is 0 Å². The summed E-state index contributed by atoms with van der Waals surface area (Å²) in [5.41, 5.74) is 7.07. The zero-order chi connectivity index (χ0) is 14.9. The Morgan fingerprint density at radius 1 is 0.650 bits per heavy atom.